The molecular formula is C20H19ClN2O3S. The Morgan fingerprint density at radius 1 is 1.07 bits per heavy atom. The van der Waals surface area contributed by atoms with Gasteiger partial charge in [0.2, 0.25) is 15.8 Å². The van der Waals surface area contributed by atoms with Crippen LogP contribution in [0.5, 0.6) is 0 Å². The van der Waals surface area contributed by atoms with Gasteiger partial charge in [-0.05, 0) is 29.8 Å². The van der Waals surface area contributed by atoms with Crippen LogP contribution >= 0.6 is 11.6 Å². The third-order valence-electron chi connectivity index (χ3n) is 4.22. The van der Waals surface area contributed by atoms with Crippen molar-refractivity contribution in [2.75, 3.05) is 11.0 Å². The number of anilines is 1. The van der Waals surface area contributed by atoms with Crippen molar-refractivity contribution in [1.82, 2.24) is 4.57 Å². The fourth-order valence-electron chi connectivity index (χ4n) is 2.86. The molecule has 2 aromatic carbocycles. The Balaban J connectivity index is 1.83. The van der Waals surface area contributed by atoms with Crippen molar-refractivity contribution in [1.29, 1.82) is 0 Å². The van der Waals surface area contributed by atoms with Crippen molar-refractivity contribution in [3.05, 3.63) is 88.2 Å². The molecule has 0 unspecified atom stereocenters. The molecule has 0 bridgehead atoms. The van der Waals surface area contributed by atoms with E-state index in [1.165, 1.54) is 0 Å². The van der Waals surface area contributed by atoms with Gasteiger partial charge >= 0.3 is 0 Å². The van der Waals surface area contributed by atoms with Gasteiger partial charge in [-0.2, -0.15) is 0 Å². The minimum absolute atomic E-state index is 0.0388. The highest BCUT2D eigenvalue weighted by Crippen LogP contribution is 2.25. The Bertz CT molecular complexity index is 1090. The molecule has 0 aliphatic carbocycles. The maximum absolute atomic E-state index is 12.7. The molecule has 1 N–H and O–H groups in total. The first-order valence-corrected chi connectivity index (χ1v) is 10.5. The summed E-state index contributed by atoms with van der Waals surface area (Å²) in [5, 5.41) is 0.459. The average Bonchev–Trinajstić information content (AvgIpc) is 2.97. The second kappa shape index (κ2) is 7.58. The molecule has 0 aliphatic rings. The quantitative estimate of drug-likeness (QED) is 0.636. The summed E-state index contributed by atoms with van der Waals surface area (Å²) in [6.07, 6.45) is 1.61. The molecule has 5 nitrogen and oxygen atoms in total. The number of rotatable bonds is 6. The molecule has 0 saturated carbocycles. The second-order valence-electron chi connectivity index (χ2n) is 6.32. The van der Waals surface area contributed by atoms with Crippen molar-refractivity contribution in [2.45, 2.75) is 6.42 Å². The SMILES string of the molecule is Cn1c(Cc2ccc(NS(C)(=O)=O)cc2Cl)ccc1C(=O)c1ccccc1. The molecule has 0 fully saturated rings. The van der Waals surface area contributed by atoms with Crippen molar-refractivity contribution >= 4 is 33.1 Å². The predicted octanol–water partition coefficient (Wildman–Crippen LogP) is 3.87. The zero-order valence-electron chi connectivity index (χ0n) is 14.9. The maximum Gasteiger partial charge on any atom is 0.229 e. The lowest BCUT2D eigenvalue weighted by atomic mass is 10.1. The van der Waals surface area contributed by atoms with Gasteiger partial charge in [0.25, 0.3) is 0 Å². The smallest absolute Gasteiger partial charge is 0.229 e. The van der Waals surface area contributed by atoms with Crippen molar-refractivity contribution in [2.24, 2.45) is 7.05 Å². The molecule has 3 aromatic rings. The number of nitrogens with one attached hydrogen (secondary N) is 1. The van der Waals surface area contributed by atoms with Crippen molar-refractivity contribution in [3.8, 4) is 0 Å². The third kappa shape index (κ3) is 4.59. The molecule has 0 atom stereocenters. The van der Waals surface area contributed by atoms with Crippen LogP contribution in [0.15, 0.2) is 60.7 Å². The third-order valence-corrected chi connectivity index (χ3v) is 5.18. The number of sulfonamides is 1. The molecule has 0 spiro atoms. The van der Waals surface area contributed by atoms with Gasteiger partial charge in [0, 0.05) is 35.4 Å². The average molecular weight is 403 g/mol. The fraction of sp³-hybridized carbons (Fsp3) is 0.150. The second-order valence-corrected chi connectivity index (χ2v) is 8.48. The summed E-state index contributed by atoms with van der Waals surface area (Å²) in [7, 11) is -1.51. The molecule has 27 heavy (non-hydrogen) atoms. The van der Waals surface area contributed by atoms with E-state index >= 15 is 0 Å². The number of carbonyl (C=O) groups is 1. The van der Waals surface area contributed by atoms with Gasteiger partial charge in [-0.3, -0.25) is 9.52 Å². The van der Waals surface area contributed by atoms with E-state index in [9.17, 15) is 13.2 Å². The number of ketones is 1. The lowest BCUT2D eigenvalue weighted by Gasteiger charge is -2.10. The molecule has 3 rings (SSSR count). The highest BCUT2D eigenvalue weighted by Gasteiger charge is 2.15. The van der Waals surface area contributed by atoms with Gasteiger partial charge < -0.3 is 4.57 Å². The zero-order chi connectivity index (χ0) is 19.6. The van der Waals surface area contributed by atoms with Gasteiger partial charge in [0.1, 0.15) is 0 Å². The van der Waals surface area contributed by atoms with E-state index < -0.39 is 10.0 Å². The molecule has 0 radical (unpaired) electrons. The summed E-state index contributed by atoms with van der Waals surface area (Å²) in [6.45, 7) is 0. The first-order chi connectivity index (χ1) is 12.7. The minimum atomic E-state index is -3.36. The number of halogens is 1. The van der Waals surface area contributed by atoms with Gasteiger partial charge in [-0.25, -0.2) is 8.42 Å². The van der Waals surface area contributed by atoms with Gasteiger partial charge in [-0.1, -0.05) is 48.0 Å². The van der Waals surface area contributed by atoms with Crippen LogP contribution in [-0.4, -0.2) is 25.0 Å². The number of carbonyl (C=O) groups excluding carboxylic acids is 1. The molecule has 0 amide bonds. The minimum Gasteiger partial charge on any atom is -0.345 e. The van der Waals surface area contributed by atoms with Crippen LogP contribution in [0.1, 0.15) is 27.3 Å². The van der Waals surface area contributed by atoms with E-state index in [4.69, 9.17) is 11.6 Å². The summed E-state index contributed by atoms with van der Waals surface area (Å²) in [6, 6.07) is 17.9. The Morgan fingerprint density at radius 2 is 1.78 bits per heavy atom. The Hall–Kier alpha value is -2.57. The van der Waals surface area contributed by atoms with Crippen molar-refractivity contribution < 1.29 is 13.2 Å². The Kier molecular flexibility index (Phi) is 5.39. The Labute approximate surface area is 163 Å². The van der Waals surface area contributed by atoms with Gasteiger partial charge in [0.05, 0.1) is 11.9 Å². The standard InChI is InChI=1S/C20H19ClN2O3S/c1-23-17(10-11-19(23)20(24)14-6-4-3-5-7-14)12-15-8-9-16(13-18(15)21)22-27(2,25)26/h3-11,13,22H,12H2,1-2H3. The highest BCUT2D eigenvalue weighted by atomic mass is 35.5. The van der Waals surface area contributed by atoms with E-state index in [0.717, 1.165) is 17.5 Å². The topological polar surface area (TPSA) is 68.2 Å². The fourth-order valence-corrected chi connectivity index (χ4v) is 3.66. The highest BCUT2D eigenvalue weighted by molar-refractivity contribution is 7.92. The van der Waals surface area contributed by atoms with Crippen LogP contribution in [0.25, 0.3) is 0 Å². The summed E-state index contributed by atoms with van der Waals surface area (Å²) in [4.78, 5) is 12.7. The van der Waals surface area contributed by atoms with Crippen LogP contribution in [-0.2, 0) is 23.5 Å². The molecule has 140 valence electrons. The summed E-state index contributed by atoms with van der Waals surface area (Å²) < 4.78 is 26.9. The number of hydrogen-bond donors (Lipinski definition) is 1. The number of aromatic nitrogens is 1. The molecule has 0 saturated heterocycles. The molecule has 1 aromatic heterocycles. The zero-order valence-corrected chi connectivity index (χ0v) is 16.5. The maximum atomic E-state index is 12.7. The van der Waals surface area contributed by atoms with Crippen LogP contribution < -0.4 is 4.72 Å². The van der Waals surface area contributed by atoms with Crippen LogP contribution in [0, 0.1) is 0 Å². The van der Waals surface area contributed by atoms with E-state index in [1.807, 2.05) is 35.9 Å². The van der Waals surface area contributed by atoms with Crippen LogP contribution in [0.2, 0.25) is 5.02 Å². The summed E-state index contributed by atoms with van der Waals surface area (Å²) >= 11 is 6.31. The van der Waals surface area contributed by atoms with Crippen molar-refractivity contribution in [3.63, 3.8) is 0 Å². The van der Waals surface area contributed by atoms with Crippen LogP contribution in [0.4, 0.5) is 5.69 Å². The van der Waals surface area contributed by atoms with E-state index in [2.05, 4.69) is 4.72 Å². The first kappa shape index (κ1) is 19.2. The lowest BCUT2D eigenvalue weighted by Crippen LogP contribution is -2.10. The van der Waals surface area contributed by atoms with Crippen LogP contribution in [0.3, 0.4) is 0 Å². The summed E-state index contributed by atoms with van der Waals surface area (Å²) in [5.74, 6) is -0.0388. The van der Waals surface area contributed by atoms with E-state index in [0.29, 0.717) is 28.4 Å². The molecule has 7 heteroatoms. The van der Waals surface area contributed by atoms with E-state index in [1.54, 1.807) is 36.4 Å². The lowest BCUT2D eigenvalue weighted by molar-refractivity contribution is 0.103. The number of benzene rings is 2. The van der Waals surface area contributed by atoms with E-state index in [-0.39, 0.29) is 5.78 Å². The number of nitrogens with zero attached hydrogens (tertiary/aromatic N) is 1. The van der Waals surface area contributed by atoms with Gasteiger partial charge in [0.15, 0.2) is 0 Å². The summed E-state index contributed by atoms with van der Waals surface area (Å²) in [5.41, 5.74) is 3.43. The van der Waals surface area contributed by atoms with Gasteiger partial charge in [-0.15, -0.1) is 0 Å². The monoisotopic (exact) mass is 402 g/mol. The normalized spacial score (nSPS) is 11.4. The molecule has 1 heterocycles. The number of hydrogen-bond acceptors (Lipinski definition) is 3. The largest absolute Gasteiger partial charge is 0.345 e. The first-order valence-electron chi connectivity index (χ1n) is 8.25. The molecule has 0 aliphatic heterocycles. The Morgan fingerprint density at radius 3 is 2.41 bits per heavy atom. The molecular weight excluding hydrogens is 384 g/mol. The predicted molar refractivity (Wildman–Crippen MR) is 108 cm³/mol.